The van der Waals surface area contributed by atoms with Crippen LogP contribution in [0.25, 0.3) is 0 Å². The van der Waals surface area contributed by atoms with Gasteiger partial charge in [0, 0.05) is 18.3 Å². The summed E-state index contributed by atoms with van der Waals surface area (Å²) < 4.78 is 2.13. The molecule has 5 heteroatoms. The lowest BCUT2D eigenvalue weighted by atomic mass is 10.4. The van der Waals surface area contributed by atoms with Crippen LogP contribution in [0.2, 0.25) is 0 Å². The predicted molar refractivity (Wildman–Crippen MR) is 77.5 cm³/mol. The van der Waals surface area contributed by atoms with E-state index in [1.54, 1.807) is 0 Å². The summed E-state index contributed by atoms with van der Waals surface area (Å²) in [4.78, 5) is 3.16. The summed E-state index contributed by atoms with van der Waals surface area (Å²) in [5.74, 6) is 0. The summed E-state index contributed by atoms with van der Waals surface area (Å²) in [6.45, 7) is 0.911. The molecule has 0 amide bonds. The van der Waals surface area contributed by atoms with Crippen LogP contribution in [0.1, 0.15) is 5.69 Å². The average Bonchev–Trinajstić information content (AvgIpc) is 2.59. The normalized spacial score (nSPS) is 8.00. The van der Waals surface area contributed by atoms with Crippen molar-refractivity contribution in [3.8, 4) is 0 Å². The first-order valence-corrected chi connectivity index (χ1v) is 4.01. The Morgan fingerprint density at radius 2 is 1.60 bits per heavy atom. The van der Waals surface area contributed by atoms with Crippen molar-refractivity contribution in [2.75, 3.05) is 0 Å². The first-order valence-electron chi connectivity index (χ1n) is 4.01. The van der Waals surface area contributed by atoms with Gasteiger partial charge in [-0.2, -0.15) is 4.57 Å². The molecule has 0 bridgehead atoms. The van der Waals surface area contributed by atoms with Crippen LogP contribution in [0, 0.1) is 0 Å². The van der Waals surface area contributed by atoms with E-state index in [0.717, 1.165) is 6.54 Å². The second-order valence-corrected chi connectivity index (χ2v) is 2.74. The van der Waals surface area contributed by atoms with Gasteiger partial charge >= 0.3 is 0 Å². The van der Waals surface area contributed by atoms with Gasteiger partial charge in [0.2, 0.25) is 0 Å². The fourth-order valence-corrected chi connectivity index (χ4v) is 1.20. The van der Waals surface area contributed by atoms with Gasteiger partial charge in [0.1, 0.15) is 0 Å². The maximum Gasteiger partial charge on any atom is 0.188 e. The van der Waals surface area contributed by atoms with Crippen molar-refractivity contribution in [3.63, 3.8) is 0 Å². The molecule has 2 aromatic rings. The second kappa shape index (κ2) is 9.12. The van der Waals surface area contributed by atoms with Crippen molar-refractivity contribution in [3.05, 3.63) is 54.6 Å². The molecule has 0 radical (unpaired) electrons. The van der Waals surface area contributed by atoms with E-state index in [1.807, 2.05) is 30.5 Å². The Labute approximate surface area is 121 Å². The lowest BCUT2D eigenvalue weighted by Crippen LogP contribution is -2.32. The van der Waals surface area contributed by atoms with Crippen LogP contribution >= 0.6 is 50.9 Å². The van der Waals surface area contributed by atoms with Crippen LogP contribution in [-0.4, -0.2) is 4.98 Å². The Kier molecular flexibility index (Phi) is 10.5. The van der Waals surface area contributed by atoms with Crippen molar-refractivity contribution < 1.29 is 4.57 Å². The highest BCUT2D eigenvalue weighted by molar-refractivity contribution is 8.93. The van der Waals surface area contributed by atoms with Crippen molar-refractivity contribution in [2.45, 2.75) is 6.54 Å². The number of nitrogens with zero attached hydrogens (tertiary/aromatic N) is 1. The third-order valence-electron chi connectivity index (χ3n) is 1.79. The molecule has 2 rings (SSSR count). The molecule has 84 valence electrons. The van der Waals surface area contributed by atoms with Gasteiger partial charge in [-0.1, -0.05) is 6.07 Å². The number of aromatic amines is 1. The molecule has 0 atom stereocenters. The number of pyridine rings is 1. The summed E-state index contributed by atoms with van der Waals surface area (Å²) in [5, 5.41) is 0. The number of hydrogen-bond donors (Lipinski definition) is 1. The van der Waals surface area contributed by atoms with Crippen LogP contribution in [0.4, 0.5) is 0 Å². The molecule has 0 aliphatic carbocycles. The van der Waals surface area contributed by atoms with E-state index in [0.29, 0.717) is 0 Å². The highest BCUT2D eigenvalue weighted by Gasteiger charge is 1.99. The zero-order valence-electron chi connectivity index (χ0n) is 8.00. The quantitative estimate of drug-likeness (QED) is 0.746. The van der Waals surface area contributed by atoms with E-state index in [-0.39, 0.29) is 50.9 Å². The van der Waals surface area contributed by atoms with E-state index >= 15 is 0 Å². The molecule has 0 spiro atoms. The Morgan fingerprint density at radius 3 is 2.13 bits per heavy atom. The SMILES string of the molecule is Br.Br.Br.c1cc[n+](Cc2ccc[nH]2)cc1. The Hall–Kier alpha value is -0.130. The van der Waals surface area contributed by atoms with Crippen LogP contribution < -0.4 is 4.57 Å². The fraction of sp³-hybridized carbons (Fsp3) is 0.100. The van der Waals surface area contributed by atoms with Gasteiger partial charge < -0.3 is 4.98 Å². The smallest absolute Gasteiger partial charge is 0.188 e. The van der Waals surface area contributed by atoms with Crippen molar-refractivity contribution >= 4 is 50.9 Å². The van der Waals surface area contributed by atoms with E-state index in [2.05, 4.69) is 28.0 Å². The predicted octanol–water partition coefficient (Wildman–Crippen LogP) is 3.08. The van der Waals surface area contributed by atoms with Crippen LogP contribution in [0.3, 0.4) is 0 Å². The molecule has 0 saturated heterocycles. The summed E-state index contributed by atoms with van der Waals surface area (Å²) in [5.41, 5.74) is 1.23. The van der Waals surface area contributed by atoms with Crippen LogP contribution in [0.5, 0.6) is 0 Å². The monoisotopic (exact) mass is 399 g/mol. The molecule has 0 aliphatic rings. The lowest BCUT2D eigenvalue weighted by Gasteiger charge is -1.92. The number of nitrogens with one attached hydrogen (secondary N) is 1. The molecule has 0 aliphatic heterocycles. The maximum atomic E-state index is 3.16. The van der Waals surface area contributed by atoms with Gasteiger partial charge in [-0.05, 0) is 12.1 Å². The molecule has 0 fully saturated rings. The Morgan fingerprint density at radius 1 is 0.933 bits per heavy atom. The topological polar surface area (TPSA) is 19.7 Å². The van der Waals surface area contributed by atoms with Crippen molar-refractivity contribution in [1.29, 1.82) is 0 Å². The molecular weight excluding hydrogens is 388 g/mol. The third-order valence-corrected chi connectivity index (χ3v) is 1.79. The summed E-state index contributed by atoms with van der Waals surface area (Å²) in [7, 11) is 0. The number of aromatic nitrogens is 2. The minimum atomic E-state index is 0. The summed E-state index contributed by atoms with van der Waals surface area (Å²) in [6, 6.07) is 10.2. The zero-order chi connectivity index (χ0) is 8.23. The van der Waals surface area contributed by atoms with Crippen molar-refractivity contribution in [1.82, 2.24) is 4.98 Å². The minimum Gasteiger partial charge on any atom is -0.360 e. The first-order chi connectivity index (χ1) is 5.95. The molecule has 0 aromatic carbocycles. The number of halogens is 3. The fourth-order valence-electron chi connectivity index (χ4n) is 1.20. The average molecular weight is 402 g/mol. The van der Waals surface area contributed by atoms with E-state index in [9.17, 15) is 0 Å². The van der Waals surface area contributed by atoms with Gasteiger partial charge in [0.05, 0.1) is 5.69 Å². The molecule has 2 nitrogen and oxygen atoms in total. The van der Waals surface area contributed by atoms with E-state index in [4.69, 9.17) is 0 Å². The second-order valence-electron chi connectivity index (χ2n) is 2.74. The van der Waals surface area contributed by atoms with E-state index in [1.165, 1.54) is 5.69 Å². The number of hydrogen-bond acceptors (Lipinski definition) is 0. The van der Waals surface area contributed by atoms with Gasteiger partial charge in [-0.25, -0.2) is 0 Å². The molecule has 0 unspecified atom stereocenters. The highest BCUT2D eigenvalue weighted by Crippen LogP contribution is 1.92. The van der Waals surface area contributed by atoms with Gasteiger partial charge in [-0.15, -0.1) is 50.9 Å². The number of H-pyrrole nitrogens is 1. The molecule has 2 aromatic heterocycles. The van der Waals surface area contributed by atoms with Gasteiger partial charge in [0.15, 0.2) is 18.9 Å². The number of rotatable bonds is 2. The Balaban J connectivity index is 0. The van der Waals surface area contributed by atoms with Crippen LogP contribution in [0.15, 0.2) is 48.9 Å². The first kappa shape index (κ1) is 17.3. The zero-order valence-corrected chi connectivity index (χ0v) is 13.1. The van der Waals surface area contributed by atoms with Crippen LogP contribution in [-0.2, 0) is 6.54 Å². The third kappa shape index (κ3) is 5.49. The molecule has 2 heterocycles. The summed E-state index contributed by atoms with van der Waals surface area (Å²) >= 11 is 0. The molecule has 0 saturated carbocycles. The van der Waals surface area contributed by atoms with Gasteiger partial charge in [-0.3, -0.25) is 0 Å². The minimum absolute atomic E-state index is 0. The molecule has 1 N–H and O–H groups in total. The molecular formula is C10H14Br3N2+. The maximum absolute atomic E-state index is 3.16. The van der Waals surface area contributed by atoms with E-state index < -0.39 is 0 Å². The molecule has 15 heavy (non-hydrogen) atoms. The largest absolute Gasteiger partial charge is 0.360 e. The lowest BCUT2D eigenvalue weighted by molar-refractivity contribution is -0.688. The standard InChI is InChI=1S/C10H11N2.3BrH/c1-2-7-12(8-3-1)9-10-5-4-6-11-10;;;/h1-8,11H,9H2;3*1H/q+1;;;. The highest BCUT2D eigenvalue weighted by atomic mass is 79.9. The van der Waals surface area contributed by atoms with Crippen molar-refractivity contribution in [2.24, 2.45) is 0 Å². The van der Waals surface area contributed by atoms with Gasteiger partial charge in [0.25, 0.3) is 0 Å². The Bertz CT molecular complexity index is 335. The summed E-state index contributed by atoms with van der Waals surface area (Å²) in [6.07, 6.45) is 6.06.